The summed E-state index contributed by atoms with van der Waals surface area (Å²) >= 11 is 0. The quantitative estimate of drug-likeness (QED) is 0.608. The predicted molar refractivity (Wildman–Crippen MR) is 57.5 cm³/mol. The van der Waals surface area contributed by atoms with E-state index in [1.165, 1.54) is 0 Å². The molecule has 0 saturated carbocycles. The lowest BCUT2D eigenvalue weighted by Gasteiger charge is -2.04. The van der Waals surface area contributed by atoms with Gasteiger partial charge in [-0.1, -0.05) is 12.1 Å². The highest BCUT2D eigenvalue weighted by Gasteiger charge is 2.01. The lowest BCUT2D eigenvalue weighted by molar-refractivity contribution is 0.0599. The van der Waals surface area contributed by atoms with Crippen molar-refractivity contribution in [3.63, 3.8) is 0 Å². The van der Waals surface area contributed by atoms with Crippen molar-refractivity contribution in [2.45, 2.75) is 13.3 Å². The molecule has 0 aliphatic rings. The number of hydrogen-bond donors (Lipinski definition) is 1. The first-order valence-electron chi connectivity index (χ1n) is 4.86. The fraction of sp³-hybridized carbons (Fsp3) is 0.364. The molecule has 0 saturated heterocycles. The maximum absolute atomic E-state index is 10.8. The molecule has 2 N–H and O–H groups in total. The van der Waals surface area contributed by atoms with Gasteiger partial charge in [0.2, 0.25) is 0 Å². The molecule has 4 heteroatoms. The zero-order valence-electron chi connectivity index (χ0n) is 8.73. The Kier molecular flexibility index (Phi) is 4.47. The van der Waals surface area contributed by atoms with Gasteiger partial charge in [-0.15, -0.1) is 0 Å². The number of ether oxygens (including phenoxy) is 2. The molecule has 1 aromatic carbocycles. The summed E-state index contributed by atoms with van der Waals surface area (Å²) in [5.74, 6) is 0. The molecule has 0 atom stereocenters. The maximum Gasteiger partial charge on any atom is 0.508 e. The van der Waals surface area contributed by atoms with Gasteiger partial charge < -0.3 is 15.2 Å². The fourth-order valence-electron chi connectivity index (χ4n) is 1.10. The zero-order chi connectivity index (χ0) is 11.1. The van der Waals surface area contributed by atoms with Gasteiger partial charge in [-0.3, -0.25) is 0 Å². The van der Waals surface area contributed by atoms with E-state index < -0.39 is 6.16 Å². The largest absolute Gasteiger partial charge is 0.508 e. The van der Waals surface area contributed by atoms with Crippen LogP contribution in [0.5, 0.6) is 0 Å². The molecule has 15 heavy (non-hydrogen) atoms. The Hall–Kier alpha value is -1.71. The Bertz CT molecular complexity index is 308. The monoisotopic (exact) mass is 209 g/mol. The summed E-state index contributed by atoms with van der Waals surface area (Å²) in [5, 5.41) is 0. The molecular weight excluding hydrogens is 194 g/mol. The molecular formula is C11H15NO3. The van der Waals surface area contributed by atoms with E-state index in [4.69, 9.17) is 10.5 Å². The summed E-state index contributed by atoms with van der Waals surface area (Å²) in [6, 6.07) is 7.45. The Balaban J connectivity index is 2.26. The summed E-state index contributed by atoms with van der Waals surface area (Å²) in [5.41, 5.74) is 7.34. The molecule has 4 nitrogen and oxygen atoms in total. The van der Waals surface area contributed by atoms with Crippen LogP contribution in [0.4, 0.5) is 10.5 Å². The van der Waals surface area contributed by atoms with Crippen molar-refractivity contribution in [1.82, 2.24) is 0 Å². The number of carbonyl (C=O) groups excluding carboxylic acids is 1. The van der Waals surface area contributed by atoms with E-state index in [1.54, 1.807) is 6.92 Å². The smallest absolute Gasteiger partial charge is 0.435 e. The minimum atomic E-state index is -0.618. The first-order valence-corrected chi connectivity index (χ1v) is 4.86. The molecule has 1 rings (SSSR count). The Morgan fingerprint density at radius 3 is 2.53 bits per heavy atom. The number of nitrogens with two attached hydrogens (primary N) is 1. The normalized spacial score (nSPS) is 9.67. The molecule has 82 valence electrons. The van der Waals surface area contributed by atoms with E-state index in [-0.39, 0.29) is 0 Å². The molecule has 0 aromatic heterocycles. The van der Waals surface area contributed by atoms with E-state index in [1.807, 2.05) is 24.3 Å². The van der Waals surface area contributed by atoms with Gasteiger partial charge in [-0.05, 0) is 24.6 Å². The SMILES string of the molecule is CCOC(=O)OCCc1ccc(N)cc1. The third-order valence-electron chi connectivity index (χ3n) is 1.85. The molecule has 0 aliphatic heterocycles. The fourth-order valence-corrected chi connectivity index (χ4v) is 1.10. The van der Waals surface area contributed by atoms with Crippen LogP contribution in [-0.4, -0.2) is 19.4 Å². The van der Waals surface area contributed by atoms with Crippen LogP contribution < -0.4 is 5.73 Å². The predicted octanol–water partition coefficient (Wildman–Crippen LogP) is 1.98. The van der Waals surface area contributed by atoms with Crippen LogP contribution in [0, 0.1) is 0 Å². The molecule has 0 spiro atoms. The molecule has 0 radical (unpaired) electrons. The van der Waals surface area contributed by atoms with Crippen molar-refractivity contribution in [2.75, 3.05) is 18.9 Å². The van der Waals surface area contributed by atoms with Gasteiger partial charge >= 0.3 is 6.16 Å². The number of carbonyl (C=O) groups is 1. The van der Waals surface area contributed by atoms with Crippen LogP contribution in [0.25, 0.3) is 0 Å². The maximum atomic E-state index is 10.8. The van der Waals surface area contributed by atoms with Crippen LogP contribution in [0.15, 0.2) is 24.3 Å². The van der Waals surface area contributed by atoms with Crippen molar-refractivity contribution < 1.29 is 14.3 Å². The van der Waals surface area contributed by atoms with Gasteiger partial charge in [-0.25, -0.2) is 4.79 Å². The molecule has 0 heterocycles. The van der Waals surface area contributed by atoms with Crippen molar-refractivity contribution in [3.05, 3.63) is 29.8 Å². The average Bonchev–Trinajstić information content (AvgIpc) is 2.21. The van der Waals surface area contributed by atoms with Crippen LogP contribution in [0.2, 0.25) is 0 Å². The van der Waals surface area contributed by atoms with Crippen LogP contribution in [0.1, 0.15) is 12.5 Å². The number of hydrogen-bond acceptors (Lipinski definition) is 4. The van der Waals surface area contributed by atoms with E-state index >= 15 is 0 Å². The lowest BCUT2D eigenvalue weighted by Crippen LogP contribution is -2.09. The van der Waals surface area contributed by atoms with Gasteiger partial charge in [0.25, 0.3) is 0 Å². The van der Waals surface area contributed by atoms with Gasteiger partial charge in [-0.2, -0.15) is 0 Å². The average molecular weight is 209 g/mol. The van der Waals surface area contributed by atoms with Crippen molar-refractivity contribution in [1.29, 1.82) is 0 Å². The van der Waals surface area contributed by atoms with Gasteiger partial charge in [0, 0.05) is 12.1 Å². The highest BCUT2D eigenvalue weighted by Crippen LogP contribution is 2.06. The summed E-state index contributed by atoms with van der Waals surface area (Å²) in [7, 11) is 0. The standard InChI is InChI=1S/C11H15NO3/c1-2-14-11(13)15-8-7-9-3-5-10(12)6-4-9/h3-6H,2,7-8,12H2,1H3. The van der Waals surface area contributed by atoms with E-state index in [2.05, 4.69) is 4.74 Å². The molecule has 0 bridgehead atoms. The molecule has 0 amide bonds. The number of anilines is 1. The van der Waals surface area contributed by atoms with Crippen molar-refractivity contribution >= 4 is 11.8 Å². The van der Waals surface area contributed by atoms with Gasteiger partial charge in [0.05, 0.1) is 13.2 Å². The van der Waals surface area contributed by atoms with E-state index in [9.17, 15) is 4.79 Å². The summed E-state index contributed by atoms with van der Waals surface area (Å²) in [4.78, 5) is 10.8. The highest BCUT2D eigenvalue weighted by atomic mass is 16.7. The van der Waals surface area contributed by atoms with E-state index in [0.717, 1.165) is 11.3 Å². The second-order valence-electron chi connectivity index (χ2n) is 3.02. The van der Waals surface area contributed by atoms with Crippen molar-refractivity contribution in [3.8, 4) is 0 Å². The topological polar surface area (TPSA) is 61.5 Å². The Morgan fingerprint density at radius 1 is 1.27 bits per heavy atom. The Morgan fingerprint density at radius 2 is 1.93 bits per heavy atom. The second-order valence-corrected chi connectivity index (χ2v) is 3.02. The molecule has 0 unspecified atom stereocenters. The van der Waals surface area contributed by atoms with Crippen LogP contribution in [-0.2, 0) is 15.9 Å². The van der Waals surface area contributed by atoms with Crippen LogP contribution in [0.3, 0.4) is 0 Å². The van der Waals surface area contributed by atoms with Gasteiger partial charge in [0.1, 0.15) is 0 Å². The first kappa shape index (κ1) is 11.4. The van der Waals surface area contributed by atoms with Crippen molar-refractivity contribution in [2.24, 2.45) is 0 Å². The number of benzene rings is 1. The minimum absolute atomic E-state index is 0.322. The summed E-state index contributed by atoms with van der Waals surface area (Å²) in [6.45, 7) is 2.39. The van der Waals surface area contributed by atoms with E-state index in [0.29, 0.717) is 19.6 Å². The molecule has 0 fully saturated rings. The summed E-state index contributed by atoms with van der Waals surface area (Å²) in [6.07, 6.45) is 0.0481. The number of nitrogen functional groups attached to an aromatic ring is 1. The summed E-state index contributed by atoms with van der Waals surface area (Å²) < 4.78 is 9.44. The first-order chi connectivity index (χ1) is 7.22. The third kappa shape index (κ3) is 4.35. The minimum Gasteiger partial charge on any atom is -0.435 e. The van der Waals surface area contributed by atoms with Gasteiger partial charge in [0.15, 0.2) is 0 Å². The van der Waals surface area contributed by atoms with Crippen LogP contribution >= 0.6 is 0 Å². The number of rotatable bonds is 4. The second kappa shape index (κ2) is 5.90. The highest BCUT2D eigenvalue weighted by molar-refractivity contribution is 5.59. The third-order valence-corrected chi connectivity index (χ3v) is 1.85. The lowest BCUT2D eigenvalue weighted by atomic mass is 10.1. The molecule has 0 aliphatic carbocycles. The Labute approximate surface area is 89.0 Å². The zero-order valence-corrected chi connectivity index (χ0v) is 8.73. The molecule has 1 aromatic rings.